The number of nitrogens with two attached hydrogens (primary N) is 1. The maximum absolute atomic E-state index is 13.5. The fraction of sp³-hybridized carbons (Fsp3) is 0.333. The number of nitrogens with one attached hydrogen (secondary N) is 1. The van der Waals surface area contributed by atoms with Crippen molar-refractivity contribution in [2.45, 2.75) is 37.5 Å². The van der Waals surface area contributed by atoms with Gasteiger partial charge in [-0.25, -0.2) is 22.3 Å². The van der Waals surface area contributed by atoms with Crippen LogP contribution < -0.4 is 15.8 Å². The van der Waals surface area contributed by atoms with Crippen LogP contribution in [0.3, 0.4) is 0 Å². The first-order chi connectivity index (χ1) is 18.8. The highest BCUT2D eigenvalue weighted by Crippen LogP contribution is 2.46. The Bertz CT molecular complexity index is 1530. The van der Waals surface area contributed by atoms with Gasteiger partial charge in [0.25, 0.3) is 0 Å². The highest BCUT2D eigenvalue weighted by molar-refractivity contribution is 7.90. The minimum absolute atomic E-state index is 0.0139. The summed E-state index contributed by atoms with van der Waals surface area (Å²) in [5, 5.41) is 21.9. The average Bonchev–Trinajstić information content (AvgIpc) is 3.24. The molecule has 0 spiro atoms. The monoisotopic (exact) mass is 607 g/mol. The standard InChI is InChI=1S/C27H30ClN3O7S2/c1-27(2,17-6-4-7-18(29)14-17)40(36,37)31-11-9-19(10-12-31)30-20-8-3-5-16(13-20)24-22(28)23(38-15-21(32)33)25(39-24)26(34)35/h3-8,13-14,19,30H,9-12,15,29H2,1-2H3,(H,32,33)(H,34,35). The van der Waals surface area contributed by atoms with Gasteiger partial charge in [0.05, 0.1) is 4.88 Å². The molecule has 0 aliphatic carbocycles. The molecular formula is C27H30ClN3O7S2. The van der Waals surface area contributed by atoms with Crippen LogP contribution in [0.1, 0.15) is 41.9 Å². The number of aliphatic carboxylic acids is 1. The molecule has 4 rings (SSSR count). The van der Waals surface area contributed by atoms with Crippen LogP contribution in [-0.4, -0.2) is 60.6 Å². The molecule has 0 saturated carbocycles. The van der Waals surface area contributed by atoms with Gasteiger partial charge in [-0.2, -0.15) is 0 Å². The molecule has 0 radical (unpaired) electrons. The lowest BCUT2D eigenvalue weighted by atomic mass is 10.0. The van der Waals surface area contributed by atoms with Crippen molar-refractivity contribution in [1.82, 2.24) is 4.31 Å². The number of ether oxygens (including phenoxy) is 1. The van der Waals surface area contributed by atoms with Gasteiger partial charge in [-0.05, 0) is 62.1 Å². The second-order valence-electron chi connectivity index (χ2n) is 9.93. The van der Waals surface area contributed by atoms with Gasteiger partial charge in [0, 0.05) is 30.5 Å². The fourth-order valence-electron chi connectivity index (χ4n) is 4.60. The zero-order valence-electron chi connectivity index (χ0n) is 21.9. The molecule has 5 N–H and O–H groups in total. The first-order valence-electron chi connectivity index (χ1n) is 12.4. The number of carbonyl (C=O) groups is 2. The third-order valence-electron chi connectivity index (χ3n) is 6.86. The zero-order valence-corrected chi connectivity index (χ0v) is 24.3. The highest BCUT2D eigenvalue weighted by Gasteiger charge is 2.42. The molecule has 0 atom stereocenters. The number of halogens is 1. The van der Waals surface area contributed by atoms with Crippen LogP contribution >= 0.6 is 22.9 Å². The predicted molar refractivity (Wildman–Crippen MR) is 156 cm³/mol. The number of hydrogen-bond acceptors (Lipinski definition) is 8. The van der Waals surface area contributed by atoms with Crippen LogP contribution in [0.15, 0.2) is 48.5 Å². The van der Waals surface area contributed by atoms with Crippen molar-refractivity contribution < 1.29 is 33.0 Å². The average molecular weight is 608 g/mol. The number of benzene rings is 2. The quantitative estimate of drug-likeness (QED) is 0.234. The van der Waals surface area contributed by atoms with Gasteiger partial charge in [0.2, 0.25) is 10.0 Å². The number of aromatic carboxylic acids is 1. The van der Waals surface area contributed by atoms with E-state index in [1.165, 1.54) is 4.31 Å². The summed E-state index contributed by atoms with van der Waals surface area (Å²) >= 11 is 7.32. The van der Waals surface area contributed by atoms with E-state index >= 15 is 0 Å². The molecule has 0 unspecified atom stereocenters. The number of nitrogens with zero attached hydrogens (tertiary/aromatic N) is 1. The van der Waals surface area contributed by atoms with Gasteiger partial charge >= 0.3 is 11.9 Å². The molecule has 2 heterocycles. The lowest BCUT2D eigenvalue weighted by Crippen LogP contribution is -2.48. The number of rotatable bonds is 10. The summed E-state index contributed by atoms with van der Waals surface area (Å²) < 4.78 is 32.6. The molecule has 3 aromatic rings. The smallest absolute Gasteiger partial charge is 0.349 e. The minimum Gasteiger partial charge on any atom is -0.479 e. The van der Waals surface area contributed by atoms with E-state index in [2.05, 4.69) is 5.32 Å². The van der Waals surface area contributed by atoms with Crippen LogP contribution in [0.5, 0.6) is 5.75 Å². The Morgan fingerprint density at radius 1 is 1.15 bits per heavy atom. The van der Waals surface area contributed by atoms with E-state index in [9.17, 15) is 23.1 Å². The Kier molecular flexibility index (Phi) is 8.64. The van der Waals surface area contributed by atoms with E-state index in [0.717, 1.165) is 17.0 Å². The zero-order chi connectivity index (χ0) is 29.2. The summed E-state index contributed by atoms with van der Waals surface area (Å²) in [4.78, 5) is 22.9. The molecule has 40 heavy (non-hydrogen) atoms. The second kappa shape index (κ2) is 11.7. The number of piperidine rings is 1. The Hall–Kier alpha value is -3.32. The molecule has 0 amide bonds. The van der Waals surface area contributed by atoms with Crippen LogP contribution in [-0.2, 0) is 19.6 Å². The lowest BCUT2D eigenvalue weighted by molar-refractivity contribution is -0.139. The van der Waals surface area contributed by atoms with E-state index in [-0.39, 0.29) is 21.7 Å². The lowest BCUT2D eigenvalue weighted by Gasteiger charge is -2.37. The minimum atomic E-state index is -3.65. The van der Waals surface area contributed by atoms with Crippen molar-refractivity contribution in [2.75, 3.05) is 30.7 Å². The fourth-order valence-corrected chi connectivity index (χ4v) is 7.76. The molecule has 214 valence electrons. The number of thiophene rings is 1. The van der Waals surface area contributed by atoms with Gasteiger partial charge in [-0.15, -0.1) is 11.3 Å². The van der Waals surface area contributed by atoms with Crippen LogP contribution in [0.25, 0.3) is 10.4 Å². The number of carboxylic acids is 2. The summed E-state index contributed by atoms with van der Waals surface area (Å²) in [7, 11) is -3.65. The molecule has 1 saturated heterocycles. The third-order valence-corrected chi connectivity index (χ3v) is 11.1. The molecule has 1 aliphatic rings. The van der Waals surface area contributed by atoms with Gasteiger partial charge < -0.3 is 26.0 Å². The van der Waals surface area contributed by atoms with E-state index in [1.807, 2.05) is 12.1 Å². The molecule has 2 aromatic carbocycles. The number of hydrogen-bond donors (Lipinski definition) is 4. The molecule has 13 heteroatoms. The summed E-state index contributed by atoms with van der Waals surface area (Å²) in [6.07, 6.45) is 1.18. The molecule has 1 fully saturated rings. The number of sulfonamides is 1. The van der Waals surface area contributed by atoms with Gasteiger partial charge in [-0.3, -0.25) is 0 Å². The molecule has 0 bridgehead atoms. The Balaban J connectivity index is 1.46. The van der Waals surface area contributed by atoms with Crippen LogP contribution in [0, 0.1) is 0 Å². The van der Waals surface area contributed by atoms with Crippen molar-refractivity contribution in [3.05, 3.63) is 64.0 Å². The predicted octanol–water partition coefficient (Wildman–Crippen LogP) is 4.95. The summed E-state index contributed by atoms with van der Waals surface area (Å²) in [5.41, 5.74) is 8.44. The Morgan fingerprint density at radius 3 is 2.45 bits per heavy atom. The largest absolute Gasteiger partial charge is 0.479 e. The SMILES string of the molecule is CC(C)(c1cccc(N)c1)S(=O)(=O)N1CCC(Nc2cccc(-c3sc(C(=O)O)c(OCC(=O)O)c3Cl)c2)CC1. The topological polar surface area (TPSA) is 159 Å². The van der Waals surface area contributed by atoms with E-state index < -0.39 is 33.3 Å². The van der Waals surface area contributed by atoms with Gasteiger partial charge in [0.1, 0.15) is 9.77 Å². The van der Waals surface area contributed by atoms with E-state index in [0.29, 0.717) is 47.6 Å². The van der Waals surface area contributed by atoms with Crippen molar-refractivity contribution >= 4 is 56.3 Å². The Morgan fingerprint density at radius 2 is 1.82 bits per heavy atom. The third kappa shape index (κ3) is 6.04. The first kappa shape index (κ1) is 29.7. The van der Waals surface area contributed by atoms with Crippen LogP contribution in [0.4, 0.5) is 11.4 Å². The molecule has 1 aromatic heterocycles. The Labute approximate surface area is 241 Å². The van der Waals surface area contributed by atoms with Crippen LogP contribution in [0.2, 0.25) is 5.02 Å². The maximum atomic E-state index is 13.5. The van der Waals surface area contributed by atoms with Gasteiger partial charge in [0.15, 0.2) is 17.2 Å². The highest BCUT2D eigenvalue weighted by atomic mass is 35.5. The summed E-state index contributed by atoms with van der Waals surface area (Å²) in [6, 6.07) is 14.2. The number of nitrogen functional groups attached to an aromatic ring is 1. The molecule has 1 aliphatic heterocycles. The number of anilines is 2. The van der Waals surface area contributed by atoms with E-state index in [1.54, 1.807) is 50.2 Å². The summed E-state index contributed by atoms with van der Waals surface area (Å²) in [6.45, 7) is 3.37. The van der Waals surface area contributed by atoms with Crippen molar-refractivity contribution in [3.63, 3.8) is 0 Å². The normalized spacial score (nSPS) is 15.1. The van der Waals surface area contributed by atoms with Gasteiger partial charge in [-0.1, -0.05) is 35.9 Å². The summed E-state index contributed by atoms with van der Waals surface area (Å²) in [5.74, 6) is -2.70. The molecular weight excluding hydrogens is 578 g/mol. The van der Waals surface area contributed by atoms with E-state index in [4.69, 9.17) is 27.2 Å². The van der Waals surface area contributed by atoms with Crippen molar-refractivity contribution in [3.8, 4) is 16.2 Å². The second-order valence-corrected chi connectivity index (χ2v) is 13.8. The van der Waals surface area contributed by atoms with Crippen molar-refractivity contribution in [2.24, 2.45) is 0 Å². The first-order valence-corrected chi connectivity index (χ1v) is 15.1. The maximum Gasteiger partial charge on any atom is 0.349 e. The van der Waals surface area contributed by atoms with Crippen molar-refractivity contribution in [1.29, 1.82) is 0 Å². The molecule has 10 nitrogen and oxygen atoms in total. The number of carboxylic acid groups (broad SMARTS) is 2.